The molecule has 0 aliphatic carbocycles. The number of rotatable bonds is 2. The zero-order valence-corrected chi connectivity index (χ0v) is 12.6. The summed E-state index contributed by atoms with van der Waals surface area (Å²) in [5.41, 5.74) is 1.92. The highest BCUT2D eigenvalue weighted by atomic mass is 35.5. The lowest BCUT2D eigenvalue weighted by Gasteiger charge is -2.35. The van der Waals surface area contributed by atoms with Crippen LogP contribution in [0.3, 0.4) is 0 Å². The lowest BCUT2D eigenvalue weighted by molar-refractivity contribution is 0.300. The molecule has 20 heavy (non-hydrogen) atoms. The van der Waals surface area contributed by atoms with Crippen molar-refractivity contribution in [3.63, 3.8) is 0 Å². The normalized spacial score (nSPS) is 19.8. The molecule has 0 saturated carbocycles. The maximum absolute atomic E-state index is 12.1. The van der Waals surface area contributed by atoms with Crippen LogP contribution in [0.5, 0.6) is 0 Å². The molecule has 2 heterocycles. The SMILES string of the molecule is CS(=O)(=O)N1CCn2cccc2C1c1ccc(Cl)cc1. The average Bonchev–Trinajstić information content (AvgIpc) is 2.85. The number of aromatic nitrogens is 1. The minimum Gasteiger partial charge on any atom is -0.348 e. The molecule has 0 fully saturated rings. The molecule has 3 rings (SSSR count). The summed E-state index contributed by atoms with van der Waals surface area (Å²) in [7, 11) is -3.27. The van der Waals surface area contributed by atoms with Crippen molar-refractivity contribution in [1.29, 1.82) is 0 Å². The van der Waals surface area contributed by atoms with Crippen LogP contribution in [0.2, 0.25) is 5.02 Å². The average molecular weight is 311 g/mol. The molecule has 0 bridgehead atoms. The first-order valence-electron chi connectivity index (χ1n) is 6.34. The van der Waals surface area contributed by atoms with E-state index in [1.54, 1.807) is 16.4 Å². The first-order valence-corrected chi connectivity index (χ1v) is 8.57. The van der Waals surface area contributed by atoms with Crippen molar-refractivity contribution in [2.45, 2.75) is 12.6 Å². The van der Waals surface area contributed by atoms with E-state index in [9.17, 15) is 8.42 Å². The van der Waals surface area contributed by atoms with Gasteiger partial charge >= 0.3 is 0 Å². The summed E-state index contributed by atoms with van der Waals surface area (Å²) in [5, 5.41) is 0.644. The van der Waals surface area contributed by atoms with Crippen molar-refractivity contribution in [1.82, 2.24) is 8.87 Å². The van der Waals surface area contributed by atoms with Gasteiger partial charge in [-0.15, -0.1) is 0 Å². The molecule has 6 heteroatoms. The minimum absolute atomic E-state index is 0.286. The minimum atomic E-state index is -3.27. The first kappa shape index (κ1) is 13.7. The van der Waals surface area contributed by atoms with Gasteiger partial charge in [-0.1, -0.05) is 23.7 Å². The van der Waals surface area contributed by atoms with Crippen LogP contribution in [0.1, 0.15) is 17.3 Å². The third-order valence-corrected chi connectivity index (χ3v) is 5.10. The fourth-order valence-electron chi connectivity index (χ4n) is 2.70. The molecule has 1 aliphatic rings. The van der Waals surface area contributed by atoms with Crippen LogP contribution in [0, 0.1) is 0 Å². The molecule has 1 aromatic heterocycles. The van der Waals surface area contributed by atoms with Gasteiger partial charge in [0, 0.05) is 30.0 Å². The van der Waals surface area contributed by atoms with E-state index in [2.05, 4.69) is 4.57 Å². The van der Waals surface area contributed by atoms with Gasteiger partial charge in [0.2, 0.25) is 10.0 Å². The van der Waals surface area contributed by atoms with Crippen molar-refractivity contribution < 1.29 is 8.42 Å². The highest BCUT2D eigenvalue weighted by molar-refractivity contribution is 7.88. The predicted octanol–water partition coefficient (Wildman–Crippen LogP) is 2.51. The Morgan fingerprint density at radius 3 is 2.50 bits per heavy atom. The molecular weight excluding hydrogens is 296 g/mol. The molecule has 0 spiro atoms. The summed E-state index contributed by atoms with van der Waals surface area (Å²) in [4.78, 5) is 0. The zero-order chi connectivity index (χ0) is 14.3. The number of sulfonamides is 1. The van der Waals surface area contributed by atoms with Crippen LogP contribution in [0.15, 0.2) is 42.6 Å². The van der Waals surface area contributed by atoms with E-state index in [1.165, 1.54) is 6.26 Å². The molecule has 0 radical (unpaired) electrons. The molecule has 0 amide bonds. The van der Waals surface area contributed by atoms with Crippen molar-refractivity contribution in [2.75, 3.05) is 12.8 Å². The van der Waals surface area contributed by atoms with E-state index >= 15 is 0 Å². The summed E-state index contributed by atoms with van der Waals surface area (Å²) < 4.78 is 27.8. The summed E-state index contributed by atoms with van der Waals surface area (Å²) in [6.07, 6.45) is 3.24. The Hall–Kier alpha value is -1.30. The molecule has 0 saturated heterocycles. The Morgan fingerprint density at radius 1 is 1.15 bits per heavy atom. The number of benzene rings is 1. The van der Waals surface area contributed by atoms with Crippen LogP contribution in [-0.4, -0.2) is 30.1 Å². The largest absolute Gasteiger partial charge is 0.348 e. The highest BCUT2D eigenvalue weighted by Crippen LogP contribution is 2.34. The summed E-state index contributed by atoms with van der Waals surface area (Å²) >= 11 is 5.92. The summed E-state index contributed by atoms with van der Waals surface area (Å²) in [5.74, 6) is 0. The third-order valence-electron chi connectivity index (χ3n) is 3.61. The number of nitrogens with zero attached hydrogens (tertiary/aromatic N) is 2. The summed E-state index contributed by atoms with van der Waals surface area (Å²) in [6, 6.07) is 11.0. The van der Waals surface area contributed by atoms with Gasteiger partial charge in [-0.3, -0.25) is 0 Å². The van der Waals surface area contributed by atoms with E-state index in [-0.39, 0.29) is 6.04 Å². The highest BCUT2D eigenvalue weighted by Gasteiger charge is 2.34. The van der Waals surface area contributed by atoms with Crippen LogP contribution >= 0.6 is 11.6 Å². The van der Waals surface area contributed by atoms with E-state index in [0.717, 1.165) is 11.3 Å². The van der Waals surface area contributed by atoms with Crippen molar-refractivity contribution >= 4 is 21.6 Å². The van der Waals surface area contributed by atoms with Crippen LogP contribution < -0.4 is 0 Å². The van der Waals surface area contributed by atoms with Gasteiger partial charge < -0.3 is 4.57 Å². The Morgan fingerprint density at radius 2 is 1.85 bits per heavy atom. The van der Waals surface area contributed by atoms with E-state index in [0.29, 0.717) is 18.1 Å². The smallest absolute Gasteiger partial charge is 0.212 e. The fourth-order valence-corrected chi connectivity index (χ4v) is 3.85. The van der Waals surface area contributed by atoms with Crippen molar-refractivity contribution in [3.8, 4) is 0 Å². The molecular formula is C14H15ClN2O2S. The van der Waals surface area contributed by atoms with E-state index in [4.69, 9.17) is 11.6 Å². The van der Waals surface area contributed by atoms with Crippen LogP contribution in [0.4, 0.5) is 0 Å². The third kappa shape index (κ3) is 2.37. The van der Waals surface area contributed by atoms with Gasteiger partial charge in [-0.2, -0.15) is 4.31 Å². The van der Waals surface area contributed by atoms with E-state index in [1.807, 2.05) is 30.5 Å². The second-order valence-electron chi connectivity index (χ2n) is 4.95. The van der Waals surface area contributed by atoms with Crippen molar-refractivity contribution in [2.24, 2.45) is 0 Å². The quantitative estimate of drug-likeness (QED) is 0.855. The van der Waals surface area contributed by atoms with Gasteiger partial charge in [0.25, 0.3) is 0 Å². The van der Waals surface area contributed by atoms with Crippen LogP contribution in [-0.2, 0) is 16.6 Å². The topological polar surface area (TPSA) is 42.3 Å². The van der Waals surface area contributed by atoms with Gasteiger partial charge in [-0.25, -0.2) is 8.42 Å². The van der Waals surface area contributed by atoms with E-state index < -0.39 is 10.0 Å². The molecule has 2 aromatic rings. The Balaban J connectivity index is 2.14. The number of hydrogen-bond donors (Lipinski definition) is 0. The lowest BCUT2D eigenvalue weighted by atomic mass is 10.0. The monoisotopic (exact) mass is 310 g/mol. The second-order valence-corrected chi connectivity index (χ2v) is 7.33. The standard InChI is InChI=1S/C14H15ClN2O2S/c1-20(18,19)17-10-9-16-8-2-3-13(16)14(17)11-4-6-12(15)7-5-11/h2-8,14H,9-10H2,1H3. The maximum Gasteiger partial charge on any atom is 0.212 e. The number of fused-ring (bicyclic) bond motifs is 1. The van der Waals surface area contributed by atoms with Crippen molar-refractivity contribution in [3.05, 3.63) is 58.9 Å². The molecule has 1 unspecified atom stereocenters. The van der Waals surface area contributed by atoms with Gasteiger partial charge in [0.05, 0.1) is 12.3 Å². The Bertz CT molecular complexity index is 722. The molecule has 1 aliphatic heterocycles. The maximum atomic E-state index is 12.1. The Kier molecular flexibility index (Phi) is 3.36. The molecule has 1 aromatic carbocycles. The zero-order valence-electron chi connectivity index (χ0n) is 11.0. The molecule has 4 nitrogen and oxygen atoms in total. The molecule has 1 atom stereocenters. The molecule has 0 N–H and O–H groups in total. The van der Waals surface area contributed by atoms with Gasteiger partial charge in [0.15, 0.2) is 0 Å². The fraction of sp³-hybridized carbons (Fsp3) is 0.286. The Labute approximate surface area is 123 Å². The number of halogens is 1. The second kappa shape index (κ2) is 4.91. The van der Waals surface area contributed by atoms with Gasteiger partial charge in [0.1, 0.15) is 0 Å². The first-order chi connectivity index (χ1) is 9.47. The lowest BCUT2D eigenvalue weighted by Crippen LogP contribution is -2.41. The predicted molar refractivity (Wildman–Crippen MR) is 79.3 cm³/mol. The summed E-state index contributed by atoms with van der Waals surface area (Å²) in [6.45, 7) is 1.16. The van der Waals surface area contributed by atoms with Gasteiger partial charge in [-0.05, 0) is 29.8 Å². The molecule has 106 valence electrons. The van der Waals surface area contributed by atoms with Crippen LogP contribution in [0.25, 0.3) is 0 Å². The number of hydrogen-bond acceptors (Lipinski definition) is 2.